The van der Waals surface area contributed by atoms with Crippen molar-refractivity contribution in [2.45, 2.75) is 0 Å². The van der Waals surface area contributed by atoms with E-state index >= 15 is 0 Å². The monoisotopic (exact) mass is 639 g/mol. The Balaban J connectivity index is 1.09. The van der Waals surface area contributed by atoms with Crippen LogP contribution < -0.4 is 0 Å². The molecule has 4 aromatic heterocycles. The standard InChI is InChI=1S/C45H29N5/c1-2-7-34(8-3-1)41-28-39(44-38-9-5-4-6-32(38)18-19-40(44)48-41)33-14-10-30(11-15-33)31-12-16-35(17-13-31)42-29-43(36-20-24-46-25-21-36)50-45(49-42)37-22-26-47-27-23-37/h1-29H. The number of rotatable bonds is 6. The minimum absolute atomic E-state index is 0.656. The van der Waals surface area contributed by atoms with Crippen LogP contribution in [0.25, 0.3) is 89.1 Å². The zero-order valence-electron chi connectivity index (χ0n) is 27.0. The Labute approximate surface area is 289 Å². The summed E-state index contributed by atoms with van der Waals surface area (Å²) >= 11 is 0. The van der Waals surface area contributed by atoms with E-state index in [1.165, 1.54) is 21.7 Å². The van der Waals surface area contributed by atoms with Gasteiger partial charge in [0.25, 0.3) is 0 Å². The Morgan fingerprint density at radius 1 is 0.340 bits per heavy atom. The summed E-state index contributed by atoms with van der Waals surface area (Å²) in [6.07, 6.45) is 7.09. The molecule has 0 aliphatic heterocycles. The molecule has 0 saturated heterocycles. The summed E-state index contributed by atoms with van der Waals surface area (Å²) in [4.78, 5) is 23.3. The van der Waals surface area contributed by atoms with E-state index in [-0.39, 0.29) is 0 Å². The quantitative estimate of drug-likeness (QED) is 0.169. The molecule has 0 N–H and O–H groups in total. The van der Waals surface area contributed by atoms with Gasteiger partial charge in [0.1, 0.15) is 0 Å². The predicted molar refractivity (Wildman–Crippen MR) is 203 cm³/mol. The van der Waals surface area contributed by atoms with E-state index < -0.39 is 0 Å². The highest BCUT2D eigenvalue weighted by molar-refractivity contribution is 6.13. The smallest absolute Gasteiger partial charge is 0.160 e. The summed E-state index contributed by atoms with van der Waals surface area (Å²) in [5.41, 5.74) is 12.3. The minimum Gasteiger partial charge on any atom is -0.265 e. The first kappa shape index (κ1) is 29.3. The maximum absolute atomic E-state index is 5.11. The average molecular weight is 640 g/mol. The van der Waals surface area contributed by atoms with Crippen LogP contribution in [0.15, 0.2) is 176 Å². The van der Waals surface area contributed by atoms with Crippen molar-refractivity contribution < 1.29 is 0 Å². The number of hydrogen-bond donors (Lipinski definition) is 0. The third-order valence-corrected chi connectivity index (χ3v) is 9.12. The topological polar surface area (TPSA) is 64.5 Å². The van der Waals surface area contributed by atoms with Crippen LogP contribution in [-0.2, 0) is 0 Å². The van der Waals surface area contributed by atoms with E-state index in [1.54, 1.807) is 24.8 Å². The first-order chi connectivity index (χ1) is 24.8. The molecule has 0 atom stereocenters. The molecule has 5 nitrogen and oxygen atoms in total. The lowest BCUT2D eigenvalue weighted by molar-refractivity contribution is 1.17. The molecular weight excluding hydrogens is 611 g/mol. The van der Waals surface area contributed by atoms with Gasteiger partial charge in [-0.15, -0.1) is 0 Å². The van der Waals surface area contributed by atoms with Gasteiger partial charge in [0.15, 0.2) is 5.82 Å². The summed E-state index contributed by atoms with van der Waals surface area (Å²) in [6, 6.07) is 52.8. The largest absolute Gasteiger partial charge is 0.265 e. The molecule has 0 aliphatic rings. The highest BCUT2D eigenvalue weighted by atomic mass is 14.9. The molecule has 0 bridgehead atoms. The second-order valence-corrected chi connectivity index (χ2v) is 12.2. The lowest BCUT2D eigenvalue weighted by atomic mass is 9.93. The number of benzene rings is 5. The fourth-order valence-electron chi connectivity index (χ4n) is 6.56. The molecule has 9 aromatic rings. The molecule has 0 fully saturated rings. The Bertz CT molecular complexity index is 2550. The van der Waals surface area contributed by atoms with Crippen molar-refractivity contribution in [2.24, 2.45) is 0 Å². The fraction of sp³-hybridized carbons (Fsp3) is 0. The molecule has 0 spiro atoms. The predicted octanol–water partition coefficient (Wildman–Crippen LogP) is 11.0. The summed E-state index contributed by atoms with van der Waals surface area (Å²) in [5.74, 6) is 0.656. The van der Waals surface area contributed by atoms with Gasteiger partial charge in [0.05, 0.1) is 22.6 Å². The van der Waals surface area contributed by atoms with E-state index in [0.717, 1.165) is 61.5 Å². The van der Waals surface area contributed by atoms with Crippen LogP contribution in [0.4, 0.5) is 0 Å². The molecule has 5 heteroatoms. The van der Waals surface area contributed by atoms with E-state index in [4.69, 9.17) is 15.0 Å². The van der Waals surface area contributed by atoms with Crippen molar-refractivity contribution in [1.29, 1.82) is 0 Å². The highest BCUT2D eigenvalue weighted by Gasteiger charge is 2.14. The van der Waals surface area contributed by atoms with Crippen LogP contribution >= 0.6 is 0 Å². The van der Waals surface area contributed by atoms with Gasteiger partial charge in [-0.25, -0.2) is 15.0 Å². The van der Waals surface area contributed by atoms with Gasteiger partial charge in [-0.1, -0.05) is 109 Å². The van der Waals surface area contributed by atoms with E-state index in [9.17, 15) is 0 Å². The van der Waals surface area contributed by atoms with Crippen LogP contribution in [0, 0.1) is 0 Å². The number of fused-ring (bicyclic) bond motifs is 3. The third-order valence-electron chi connectivity index (χ3n) is 9.12. The van der Waals surface area contributed by atoms with E-state index in [2.05, 4.69) is 125 Å². The Hall–Kier alpha value is -6.85. The lowest BCUT2D eigenvalue weighted by Gasteiger charge is -2.14. The molecule has 234 valence electrons. The molecule has 50 heavy (non-hydrogen) atoms. The second-order valence-electron chi connectivity index (χ2n) is 12.2. The summed E-state index contributed by atoms with van der Waals surface area (Å²) in [6.45, 7) is 0. The van der Waals surface area contributed by atoms with Gasteiger partial charge in [0, 0.05) is 52.4 Å². The maximum Gasteiger partial charge on any atom is 0.160 e. The van der Waals surface area contributed by atoms with Crippen molar-refractivity contribution in [3.05, 3.63) is 176 Å². The number of aromatic nitrogens is 5. The van der Waals surface area contributed by atoms with E-state index in [0.29, 0.717) is 5.82 Å². The zero-order chi connectivity index (χ0) is 33.3. The van der Waals surface area contributed by atoms with Crippen LogP contribution in [0.2, 0.25) is 0 Å². The summed E-state index contributed by atoms with van der Waals surface area (Å²) in [5, 5.41) is 3.58. The van der Waals surface area contributed by atoms with Crippen molar-refractivity contribution in [2.75, 3.05) is 0 Å². The van der Waals surface area contributed by atoms with Gasteiger partial charge >= 0.3 is 0 Å². The second kappa shape index (κ2) is 12.6. The van der Waals surface area contributed by atoms with Crippen molar-refractivity contribution in [3.8, 4) is 67.4 Å². The molecule has 0 saturated carbocycles. The molecule has 0 amide bonds. The van der Waals surface area contributed by atoms with Gasteiger partial charge in [-0.2, -0.15) is 0 Å². The Kier molecular flexibility index (Phi) is 7.41. The normalized spacial score (nSPS) is 11.2. The molecule has 0 aliphatic carbocycles. The van der Waals surface area contributed by atoms with Crippen molar-refractivity contribution in [3.63, 3.8) is 0 Å². The summed E-state index contributed by atoms with van der Waals surface area (Å²) in [7, 11) is 0. The highest BCUT2D eigenvalue weighted by Crippen LogP contribution is 2.37. The van der Waals surface area contributed by atoms with Crippen molar-refractivity contribution >= 4 is 21.7 Å². The van der Waals surface area contributed by atoms with Gasteiger partial charge in [0.2, 0.25) is 0 Å². The van der Waals surface area contributed by atoms with Gasteiger partial charge < -0.3 is 0 Å². The van der Waals surface area contributed by atoms with Crippen LogP contribution in [0.1, 0.15) is 0 Å². The first-order valence-electron chi connectivity index (χ1n) is 16.6. The molecule has 4 heterocycles. The number of nitrogens with zero attached hydrogens (tertiary/aromatic N) is 5. The van der Waals surface area contributed by atoms with Crippen molar-refractivity contribution in [1.82, 2.24) is 24.9 Å². The van der Waals surface area contributed by atoms with Crippen LogP contribution in [0.3, 0.4) is 0 Å². The number of pyridine rings is 3. The Morgan fingerprint density at radius 2 is 0.860 bits per heavy atom. The fourth-order valence-corrected chi connectivity index (χ4v) is 6.56. The van der Waals surface area contributed by atoms with Gasteiger partial charge in [-0.05, 0) is 75.5 Å². The summed E-state index contributed by atoms with van der Waals surface area (Å²) < 4.78 is 0. The van der Waals surface area contributed by atoms with Gasteiger partial charge in [-0.3, -0.25) is 9.97 Å². The lowest BCUT2D eigenvalue weighted by Crippen LogP contribution is -1.96. The Morgan fingerprint density at radius 3 is 1.54 bits per heavy atom. The zero-order valence-corrected chi connectivity index (χ0v) is 27.0. The SMILES string of the molecule is c1ccc(-c2cc(-c3ccc(-c4ccc(-c5cc(-c6ccncc6)nc(-c6ccncc6)n5)cc4)cc3)c3c(ccc4ccccc43)n2)cc1. The van der Waals surface area contributed by atoms with Crippen LogP contribution in [0.5, 0.6) is 0 Å². The number of hydrogen-bond acceptors (Lipinski definition) is 5. The molecule has 5 aromatic carbocycles. The van der Waals surface area contributed by atoms with Crippen LogP contribution in [-0.4, -0.2) is 24.9 Å². The molecule has 0 unspecified atom stereocenters. The average Bonchev–Trinajstić information content (AvgIpc) is 3.21. The molecular formula is C45H29N5. The maximum atomic E-state index is 5.11. The van der Waals surface area contributed by atoms with E-state index in [1.807, 2.05) is 36.4 Å². The minimum atomic E-state index is 0.656. The molecule has 9 rings (SSSR count). The molecule has 0 radical (unpaired) electrons. The first-order valence-corrected chi connectivity index (χ1v) is 16.6. The third kappa shape index (κ3) is 5.57.